The van der Waals surface area contributed by atoms with E-state index in [1.165, 1.54) is 19.2 Å². The number of likely N-dealkylation sites (tertiary alicyclic amines) is 1. The van der Waals surface area contributed by atoms with Crippen molar-refractivity contribution in [1.82, 2.24) is 20.2 Å². The number of alkyl carbamates (subject to hydrolysis) is 1. The van der Waals surface area contributed by atoms with Crippen molar-refractivity contribution in [2.45, 2.75) is 51.1 Å². The van der Waals surface area contributed by atoms with Crippen LogP contribution in [0.25, 0.3) is 22.4 Å². The predicted molar refractivity (Wildman–Crippen MR) is 145 cm³/mol. The zero-order valence-corrected chi connectivity index (χ0v) is 23.4. The lowest BCUT2D eigenvalue weighted by molar-refractivity contribution is -0.135. The number of benzene rings is 2. The fraction of sp³-hybridized carbons (Fsp3) is 0.414. The second kappa shape index (κ2) is 9.15. The lowest BCUT2D eigenvalue weighted by Gasteiger charge is -2.30. The maximum atomic E-state index is 15.4. The molecule has 1 aromatic heterocycles. The van der Waals surface area contributed by atoms with Crippen LogP contribution in [0.4, 0.5) is 13.6 Å². The second-order valence-electron chi connectivity index (χ2n) is 11.3. The Labute approximate surface area is 233 Å². The number of ether oxygens (including phenoxy) is 1. The number of rotatable bonds is 5. The molecule has 2 atom stereocenters. The minimum absolute atomic E-state index is 0.00978. The van der Waals surface area contributed by atoms with E-state index in [0.29, 0.717) is 39.2 Å². The van der Waals surface area contributed by atoms with Gasteiger partial charge in [0.2, 0.25) is 5.91 Å². The van der Waals surface area contributed by atoms with Gasteiger partial charge >= 0.3 is 6.09 Å². The Balaban J connectivity index is 1.30. The standard InChI is InChI=1S/C29H29BrF2N4O3/c1-15(2)24(35-27(38)39-3)26(37)36-14-28(8-9-28)12-23(36)25-33-13-22(34-25)16-4-6-18-19-7-5-17(30)11-21(19)29(31,32)20(18)10-16/h4-7,10-11,13,15,23-24H,8-9,12,14H2,1-3H3,(H,33,34)(H,35,38)/t23-,24+/m1/s1. The molecule has 7 nitrogen and oxygen atoms in total. The van der Waals surface area contributed by atoms with Crippen LogP contribution in [0.5, 0.6) is 0 Å². The number of aromatic nitrogens is 2. The highest BCUT2D eigenvalue weighted by atomic mass is 79.9. The van der Waals surface area contributed by atoms with Gasteiger partial charge in [0.05, 0.1) is 25.0 Å². The molecule has 6 rings (SSSR count). The average molecular weight is 599 g/mol. The number of halogens is 3. The summed E-state index contributed by atoms with van der Waals surface area (Å²) in [5.74, 6) is -2.82. The SMILES string of the molecule is COC(=O)N[C@H](C(=O)N1CC2(CC2)C[C@@H]1c1ncc(-c2ccc3c(c2)C(F)(F)c2cc(Br)ccc2-3)[nH]1)C(C)C. The minimum Gasteiger partial charge on any atom is -0.453 e. The molecule has 3 aromatic rings. The van der Waals surface area contributed by atoms with Crippen molar-refractivity contribution in [3.63, 3.8) is 0 Å². The van der Waals surface area contributed by atoms with Crippen LogP contribution >= 0.6 is 15.9 Å². The maximum absolute atomic E-state index is 15.4. The number of H-pyrrole nitrogens is 1. The number of nitrogens with zero attached hydrogens (tertiary/aromatic N) is 2. The van der Waals surface area contributed by atoms with Gasteiger partial charge in [0.15, 0.2) is 0 Å². The molecule has 10 heteroatoms. The summed E-state index contributed by atoms with van der Waals surface area (Å²) in [6.45, 7) is 4.35. The highest BCUT2D eigenvalue weighted by Crippen LogP contribution is 2.58. The van der Waals surface area contributed by atoms with E-state index in [0.717, 1.165) is 19.3 Å². The normalized spacial score (nSPS) is 20.6. The molecule has 2 aliphatic carbocycles. The van der Waals surface area contributed by atoms with Gasteiger partial charge in [0.1, 0.15) is 11.9 Å². The predicted octanol–water partition coefficient (Wildman–Crippen LogP) is 6.39. The molecule has 204 valence electrons. The van der Waals surface area contributed by atoms with Gasteiger partial charge in [-0.3, -0.25) is 4.79 Å². The van der Waals surface area contributed by atoms with Gasteiger partial charge in [0.25, 0.3) is 5.92 Å². The topological polar surface area (TPSA) is 87.3 Å². The van der Waals surface area contributed by atoms with Crippen molar-refractivity contribution in [1.29, 1.82) is 0 Å². The van der Waals surface area contributed by atoms with Crippen LogP contribution in [0.15, 0.2) is 47.1 Å². The molecule has 0 unspecified atom stereocenters. The third kappa shape index (κ3) is 4.33. The number of hydrogen-bond acceptors (Lipinski definition) is 4. The first-order valence-corrected chi connectivity index (χ1v) is 13.9. The van der Waals surface area contributed by atoms with Crippen LogP contribution in [0.3, 0.4) is 0 Å². The Morgan fingerprint density at radius 2 is 1.85 bits per heavy atom. The first-order valence-electron chi connectivity index (χ1n) is 13.1. The number of methoxy groups -OCH3 is 1. The second-order valence-corrected chi connectivity index (χ2v) is 12.2. The van der Waals surface area contributed by atoms with Gasteiger partial charge < -0.3 is 19.9 Å². The smallest absolute Gasteiger partial charge is 0.407 e. The quantitative estimate of drug-likeness (QED) is 0.356. The zero-order chi connectivity index (χ0) is 27.7. The lowest BCUT2D eigenvalue weighted by Crippen LogP contribution is -2.51. The Bertz CT molecular complexity index is 1480. The number of fused-ring (bicyclic) bond motifs is 3. The largest absolute Gasteiger partial charge is 0.453 e. The molecular weight excluding hydrogens is 570 g/mol. The van der Waals surface area contributed by atoms with Crippen LogP contribution in [0.2, 0.25) is 0 Å². The molecule has 39 heavy (non-hydrogen) atoms. The Morgan fingerprint density at radius 3 is 2.51 bits per heavy atom. The summed E-state index contributed by atoms with van der Waals surface area (Å²) in [5, 5.41) is 2.68. The molecule has 1 saturated carbocycles. The summed E-state index contributed by atoms with van der Waals surface area (Å²) in [6, 6.07) is 9.00. The summed E-state index contributed by atoms with van der Waals surface area (Å²) in [6.07, 6.45) is 3.83. The molecule has 1 aliphatic heterocycles. The van der Waals surface area contributed by atoms with Crippen molar-refractivity contribution >= 4 is 27.9 Å². The number of carbonyl (C=O) groups is 2. The zero-order valence-electron chi connectivity index (χ0n) is 21.9. The van der Waals surface area contributed by atoms with E-state index in [1.807, 2.05) is 24.8 Å². The van der Waals surface area contributed by atoms with Gasteiger partial charge in [-0.15, -0.1) is 0 Å². The monoisotopic (exact) mass is 598 g/mol. The number of hydrogen-bond donors (Lipinski definition) is 2. The number of carbonyl (C=O) groups excluding carboxylic acids is 2. The fourth-order valence-corrected chi connectivity index (χ4v) is 6.33. The molecule has 2 heterocycles. The van der Waals surface area contributed by atoms with Gasteiger partial charge in [-0.2, -0.15) is 8.78 Å². The Kier molecular flexibility index (Phi) is 6.09. The highest BCUT2D eigenvalue weighted by Gasteiger charge is 2.55. The summed E-state index contributed by atoms with van der Waals surface area (Å²) in [5.41, 5.74) is 2.28. The number of amides is 2. The molecule has 0 radical (unpaired) electrons. The summed E-state index contributed by atoms with van der Waals surface area (Å²) in [7, 11) is 1.27. The fourth-order valence-electron chi connectivity index (χ4n) is 5.96. The van der Waals surface area contributed by atoms with Gasteiger partial charge in [0, 0.05) is 27.7 Å². The van der Waals surface area contributed by atoms with Crippen LogP contribution in [0.1, 0.15) is 56.1 Å². The lowest BCUT2D eigenvalue weighted by atomic mass is 10.0. The summed E-state index contributed by atoms with van der Waals surface area (Å²) >= 11 is 3.31. The molecule has 1 spiro atoms. The number of imidazole rings is 1. The molecule has 2 aromatic carbocycles. The van der Waals surface area contributed by atoms with Gasteiger partial charge in [-0.1, -0.05) is 48.0 Å². The Hall–Kier alpha value is -3.27. The molecule has 2 amide bonds. The van der Waals surface area contributed by atoms with Crippen LogP contribution in [-0.4, -0.2) is 46.6 Å². The van der Waals surface area contributed by atoms with E-state index in [-0.39, 0.29) is 34.4 Å². The van der Waals surface area contributed by atoms with Crippen molar-refractivity contribution in [2.24, 2.45) is 11.3 Å². The van der Waals surface area contributed by atoms with E-state index >= 15 is 8.78 Å². The number of aromatic amines is 1. The Morgan fingerprint density at radius 1 is 1.15 bits per heavy atom. The molecule has 1 saturated heterocycles. The minimum atomic E-state index is -3.11. The first kappa shape index (κ1) is 26.0. The van der Waals surface area contributed by atoms with E-state index in [9.17, 15) is 9.59 Å². The van der Waals surface area contributed by atoms with E-state index < -0.39 is 18.1 Å². The third-order valence-corrected chi connectivity index (χ3v) is 8.82. The molecule has 3 aliphatic rings. The molecule has 2 fully saturated rings. The summed E-state index contributed by atoms with van der Waals surface area (Å²) in [4.78, 5) is 35.3. The van der Waals surface area contributed by atoms with Crippen molar-refractivity contribution in [3.8, 4) is 22.4 Å². The van der Waals surface area contributed by atoms with E-state index in [2.05, 4.69) is 31.2 Å². The van der Waals surface area contributed by atoms with E-state index in [1.54, 1.807) is 24.4 Å². The van der Waals surface area contributed by atoms with Gasteiger partial charge in [-0.25, -0.2) is 9.78 Å². The van der Waals surface area contributed by atoms with E-state index in [4.69, 9.17) is 4.74 Å². The van der Waals surface area contributed by atoms with Crippen LogP contribution in [0, 0.1) is 11.3 Å². The average Bonchev–Trinajstić information content (AvgIpc) is 3.23. The third-order valence-electron chi connectivity index (χ3n) is 8.33. The van der Waals surface area contributed by atoms with Crippen molar-refractivity contribution in [2.75, 3.05) is 13.7 Å². The number of nitrogens with one attached hydrogen (secondary N) is 2. The first-order chi connectivity index (χ1) is 18.5. The molecule has 0 bridgehead atoms. The van der Waals surface area contributed by atoms with Crippen molar-refractivity contribution in [3.05, 3.63) is 64.0 Å². The van der Waals surface area contributed by atoms with Crippen LogP contribution < -0.4 is 5.32 Å². The molecular formula is C29H29BrF2N4O3. The van der Waals surface area contributed by atoms with Crippen LogP contribution in [-0.2, 0) is 15.5 Å². The highest BCUT2D eigenvalue weighted by molar-refractivity contribution is 9.10. The van der Waals surface area contributed by atoms with Gasteiger partial charge in [-0.05, 0) is 59.9 Å². The molecule has 2 N–H and O–H groups in total. The summed E-state index contributed by atoms with van der Waals surface area (Å²) < 4.78 is 36.2. The van der Waals surface area contributed by atoms with Crippen molar-refractivity contribution < 1.29 is 23.1 Å². The maximum Gasteiger partial charge on any atom is 0.407 e. The number of alkyl halides is 2.